The normalized spacial score (nSPS) is 22.0. The third-order valence-corrected chi connectivity index (χ3v) is 4.83. The van der Waals surface area contributed by atoms with E-state index in [4.69, 9.17) is 0 Å². The lowest BCUT2D eigenvalue weighted by atomic mass is 9.92. The molecule has 1 N–H and O–H groups in total. The Labute approximate surface area is 140 Å². The van der Waals surface area contributed by atoms with E-state index in [0.29, 0.717) is 10.7 Å². The van der Waals surface area contributed by atoms with Gasteiger partial charge in [0, 0.05) is 37.4 Å². The molecule has 3 heterocycles. The van der Waals surface area contributed by atoms with Gasteiger partial charge in [-0.1, -0.05) is 13.8 Å². The molecule has 0 spiro atoms. The lowest BCUT2D eigenvalue weighted by molar-refractivity contribution is 0.102. The molecule has 1 amide bonds. The smallest absolute Gasteiger partial charge is 0.259 e. The van der Waals surface area contributed by atoms with E-state index in [1.165, 1.54) is 17.8 Å². The predicted octanol–water partition coefficient (Wildman–Crippen LogP) is 3.27. The molecule has 1 saturated heterocycles. The van der Waals surface area contributed by atoms with Gasteiger partial charge >= 0.3 is 0 Å². The Kier molecular flexibility index (Phi) is 5.03. The Morgan fingerprint density at radius 1 is 1.39 bits per heavy atom. The maximum atomic E-state index is 12.1. The molecule has 1 fully saturated rings. The highest BCUT2D eigenvalue weighted by molar-refractivity contribution is 7.13. The van der Waals surface area contributed by atoms with Crippen LogP contribution in [-0.2, 0) is 6.54 Å². The van der Waals surface area contributed by atoms with Gasteiger partial charge in [-0.15, -0.1) is 11.3 Å². The van der Waals surface area contributed by atoms with Crippen molar-refractivity contribution in [2.24, 2.45) is 11.8 Å². The zero-order valence-corrected chi connectivity index (χ0v) is 14.3. The first-order chi connectivity index (χ1) is 11.1. The lowest BCUT2D eigenvalue weighted by Crippen LogP contribution is -2.38. The minimum Gasteiger partial charge on any atom is -0.298 e. The second kappa shape index (κ2) is 7.19. The van der Waals surface area contributed by atoms with Crippen molar-refractivity contribution >= 4 is 22.4 Å². The minimum atomic E-state index is -0.167. The average Bonchev–Trinajstić information content (AvgIpc) is 2.94. The Hall–Kier alpha value is -1.79. The number of nitrogens with zero attached hydrogens (tertiary/aromatic N) is 3. The number of likely N-dealkylation sites (tertiary alicyclic amines) is 1. The Morgan fingerprint density at radius 3 is 2.87 bits per heavy atom. The van der Waals surface area contributed by atoms with Gasteiger partial charge in [0.25, 0.3) is 5.91 Å². The quantitative estimate of drug-likeness (QED) is 0.935. The number of thiazole rings is 1. The predicted molar refractivity (Wildman–Crippen MR) is 92.5 cm³/mol. The standard InChI is InChI=1S/C17H22N4OS/c1-12-6-13(2)9-21(8-12)10-15-11-23-17(19-15)20-16(22)14-4-3-5-18-7-14/h3-5,7,11-13H,6,8-10H2,1-2H3,(H,19,20,22)/t12-,13-/m0/s1. The van der Waals surface area contributed by atoms with Gasteiger partial charge in [0.15, 0.2) is 5.13 Å². The third kappa shape index (κ3) is 4.36. The van der Waals surface area contributed by atoms with Crippen molar-refractivity contribution in [1.82, 2.24) is 14.9 Å². The number of nitrogens with one attached hydrogen (secondary N) is 1. The van der Waals surface area contributed by atoms with Crippen LogP contribution in [0.2, 0.25) is 0 Å². The van der Waals surface area contributed by atoms with E-state index in [1.54, 1.807) is 24.5 Å². The number of piperidine rings is 1. The lowest BCUT2D eigenvalue weighted by Gasteiger charge is -2.34. The maximum absolute atomic E-state index is 12.1. The number of hydrogen-bond acceptors (Lipinski definition) is 5. The van der Waals surface area contributed by atoms with Crippen LogP contribution >= 0.6 is 11.3 Å². The topological polar surface area (TPSA) is 58.1 Å². The summed E-state index contributed by atoms with van der Waals surface area (Å²) in [5.74, 6) is 1.31. The Balaban J connectivity index is 1.59. The van der Waals surface area contributed by atoms with Crippen LogP contribution in [0.15, 0.2) is 29.9 Å². The molecule has 1 aliphatic rings. The van der Waals surface area contributed by atoms with Gasteiger partial charge in [0.2, 0.25) is 0 Å². The van der Waals surface area contributed by atoms with E-state index in [1.807, 2.05) is 5.38 Å². The average molecular weight is 330 g/mol. The van der Waals surface area contributed by atoms with E-state index < -0.39 is 0 Å². The van der Waals surface area contributed by atoms with Gasteiger partial charge in [0.1, 0.15) is 0 Å². The van der Waals surface area contributed by atoms with Crippen molar-refractivity contribution < 1.29 is 4.79 Å². The number of rotatable bonds is 4. The third-order valence-electron chi connectivity index (χ3n) is 4.03. The van der Waals surface area contributed by atoms with E-state index in [2.05, 4.69) is 34.0 Å². The molecule has 23 heavy (non-hydrogen) atoms. The van der Waals surface area contributed by atoms with Crippen LogP contribution in [0.5, 0.6) is 0 Å². The number of hydrogen-bond donors (Lipinski definition) is 1. The molecule has 0 saturated carbocycles. The van der Waals surface area contributed by atoms with Crippen LogP contribution in [0.25, 0.3) is 0 Å². The second-order valence-corrected chi connectivity index (χ2v) is 7.34. The summed E-state index contributed by atoms with van der Waals surface area (Å²) < 4.78 is 0. The molecule has 6 heteroatoms. The summed E-state index contributed by atoms with van der Waals surface area (Å²) in [6.07, 6.45) is 4.51. The molecule has 0 unspecified atom stereocenters. The summed E-state index contributed by atoms with van der Waals surface area (Å²) in [5.41, 5.74) is 1.57. The van der Waals surface area contributed by atoms with Gasteiger partial charge in [-0.3, -0.25) is 20.0 Å². The van der Waals surface area contributed by atoms with E-state index in [9.17, 15) is 4.79 Å². The number of carbonyl (C=O) groups excluding carboxylic acids is 1. The van der Waals surface area contributed by atoms with Crippen molar-refractivity contribution in [3.05, 3.63) is 41.2 Å². The Bertz CT molecular complexity index is 648. The molecule has 0 bridgehead atoms. The van der Waals surface area contributed by atoms with Gasteiger partial charge in [-0.05, 0) is 30.4 Å². The summed E-state index contributed by atoms with van der Waals surface area (Å²) >= 11 is 1.47. The first kappa shape index (κ1) is 16.1. The molecule has 0 radical (unpaired) electrons. The summed E-state index contributed by atoms with van der Waals surface area (Å²) in [4.78, 5) is 23.1. The SMILES string of the molecule is C[C@H]1C[C@H](C)CN(Cc2csc(NC(=O)c3cccnc3)n2)C1. The van der Waals surface area contributed by atoms with Crippen LogP contribution in [0.3, 0.4) is 0 Å². The van der Waals surface area contributed by atoms with Crippen molar-refractivity contribution in [2.45, 2.75) is 26.8 Å². The fourth-order valence-electron chi connectivity index (χ4n) is 3.25. The van der Waals surface area contributed by atoms with Crippen molar-refractivity contribution in [1.29, 1.82) is 0 Å². The summed E-state index contributed by atoms with van der Waals surface area (Å²) in [6.45, 7) is 7.72. The van der Waals surface area contributed by atoms with Crippen molar-refractivity contribution in [2.75, 3.05) is 18.4 Å². The molecule has 0 aliphatic carbocycles. The van der Waals surface area contributed by atoms with E-state index >= 15 is 0 Å². The number of pyridine rings is 1. The summed E-state index contributed by atoms with van der Waals surface area (Å²) in [7, 11) is 0. The molecule has 0 aromatic carbocycles. The maximum Gasteiger partial charge on any atom is 0.259 e. The zero-order chi connectivity index (χ0) is 16.2. The monoisotopic (exact) mass is 330 g/mol. The van der Waals surface area contributed by atoms with Crippen molar-refractivity contribution in [3.63, 3.8) is 0 Å². The number of carbonyl (C=O) groups is 1. The van der Waals surface area contributed by atoms with Gasteiger partial charge in [0.05, 0.1) is 11.3 Å². The van der Waals surface area contributed by atoms with E-state index in [0.717, 1.165) is 37.2 Å². The van der Waals surface area contributed by atoms with E-state index in [-0.39, 0.29) is 5.91 Å². The minimum absolute atomic E-state index is 0.167. The fraction of sp³-hybridized carbons (Fsp3) is 0.471. The number of amides is 1. The largest absolute Gasteiger partial charge is 0.298 e. The zero-order valence-electron chi connectivity index (χ0n) is 13.5. The highest BCUT2D eigenvalue weighted by Gasteiger charge is 2.22. The van der Waals surface area contributed by atoms with Gasteiger partial charge < -0.3 is 0 Å². The van der Waals surface area contributed by atoms with Crippen LogP contribution in [-0.4, -0.2) is 33.9 Å². The second-order valence-electron chi connectivity index (χ2n) is 6.48. The highest BCUT2D eigenvalue weighted by Crippen LogP contribution is 2.24. The fourth-order valence-corrected chi connectivity index (χ4v) is 3.95. The molecular weight excluding hydrogens is 308 g/mol. The molecule has 2 aromatic heterocycles. The first-order valence-electron chi connectivity index (χ1n) is 7.98. The molecular formula is C17H22N4OS. The van der Waals surface area contributed by atoms with Gasteiger partial charge in [-0.2, -0.15) is 0 Å². The Morgan fingerprint density at radius 2 is 2.17 bits per heavy atom. The molecule has 5 nitrogen and oxygen atoms in total. The number of aromatic nitrogens is 2. The molecule has 3 rings (SSSR count). The van der Waals surface area contributed by atoms with Crippen LogP contribution < -0.4 is 5.32 Å². The number of anilines is 1. The van der Waals surface area contributed by atoms with Crippen LogP contribution in [0.1, 0.15) is 36.3 Å². The molecule has 122 valence electrons. The van der Waals surface area contributed by atoms with Crippen LogP contribution in [0, 0.1) is 11.8 Å². The highest BCUT2D eigenvalue weighted by atomic mass is 32.1. The van der Waals surface area contributed by atoms with Gasteiger partial charge in [-0.25, -0.2) is 4.98 Å². The first-order valence-corrected chi connectivity index (χ1v) is 8.86. The molecule has 1 aliphatic heterocycles. The van der Waals surface area contributed by atoms with Crippen molar-refractivity contribution in [3.8, 4) is 0 Å². The molecule has 2 aromatic rings. The summed E-state index contributed by atoms with van der Waals surface area (Å²) in [5, 5.41) is 5.52. The molecule has 2 atom stereocenters. The summed E-state index contributed by atoms with van der Waals surface area (Å²) in [6, 6.07) is 3.49. The van der Waals surface area contributed by atoms with Crippen LogP contribution in [0.4, 0.5) is 5.13 Å².